The predicted molar refractivity (Wildman–Crippen MR) is 80.9 cm³/mol. The quantitative estimate of drug-likeness (QED) is 0.908. The second-order valence-corrected chi connectivity index (χ2v) is 5.32. The normalized spacial score (nSPS) is 15.0. The summed E-state index contributed by atoms with van der Waals surface area (Å²) in [5.74, 6) is -0.627. The summed E-state index contributed by atoms with van der Waals surface area (Å²) in [6, 6.07) is 15.0. The Morgan fingerprint density at radius 3 is 2.48 bits per heavy atom. The minimum absolute atomic E-state index is 0.300. The first-order valence-corrected chi connectivity index (χ1v) is 6.82. The molecule has 2 rings (SSSR count). The molecule has 0 fully saturated rings. The van der Waals surface area contributed by atoms with E-state index in [1.807, 2.05) is 30.3 Å². The van der Waals surface area contributed by atoms with Gasteiger partial charge in [-0.3, -0.25) is 4.79 Å². The lowest BCUT2D eigenvalue weighted by atomic mass is 9.91. The first-order chi connectivity index (χ1) is 9.91. The molecule has 2 atom stereocenters. The van der Waals surface area contributed by atoms with E-state index in [9.17, 15) is 9.18 Å². The van der Waals surface area contributed by atoms with Crippen LogP contribution < -0.4 is 11.1 Å². The number of amides is 1. The fourth-order valence-corrected chi connectivity index (χ4v) is 2.12. The van der Waals surface area contributed by atoms with Crippen molar-refractivity contribution in [3.8, 4) is 0 Å². The Labute approximate surface area is 124 Å². The lowest BCUT2D eigenvalue weighted by Gasteiger charge is -2.26. The van der Waals surface area contributed by atoms with Crippen LogP contribution in [0, 0.1) is 5.82 Å². The van der Waals surface area contributed by atoms with Crippen molar-refractivity contribution in [1.82, 2.24) is 5.32 Å². The van der Waals surface area contributed by atoms with Gasteiger partial charge in [-0.05, 0) is 37.1 Å². The Bertz CT molecular complexity index is 626. The van der Waals surface area contributed by atoms with Gasteiger partial charge in [-0.25, -0.2) is 4.39 Å². The van der Waals surface area contributed by atoms with Crippen molar-refractivity contribution in [1.29, 1.82) is 0 Å². The molecule has 1 amide bonds. The highest BCUT2D eigenvalue weighted by Gasteiger charge is 2.31. The number of benzene rings is 2. The zero-order valence-electron chi connectivity index (χ0n) is 12.1. The SMILES string of the molecule is C[C@@H](NC(=O)C(C)(N)c1ccccc1)c1cccc(F)c1. The van der Waals surface area contributed by atoms with Crippen molar-refractivity contribution in [2.24, 2.45) is 5.73 Å². The van der Waals surface area contributed by atoms with E-state index in [2.05, 4.69) is 5.32 Å². The van der Waals surface area contributed by atoms with Crippen LogP contribution in [0.3, 0.4) is 0 Å². The number of nitrogens with one attached hydrogen (secondary N) is 1. The minimum Gasteiger partial charge on any atom is -0.348 e. The summed E-state index contributed by atoms with van der Waals surface area (Å²) in [4.78, 5) is 12.4. The largest absolute Gasteiger partial charge is 0.348 e. The summed E-state index contributed by atoms with van der Waals surface area (Å²) in [7, 11) is 0. The number of carbonyl (C=O) groups is 1. The van der Waals surface area contributed by atoms with Crippen molar-refractivity contribution >= 4 is 5.91 Å². The highest BCUT2D eigenvalue weighted by Crippen LogP contribution is 2.20. The van der Waals surface area contributed by atoms with E-state index in [1.54, 1.807) is 26.0 Å². The molecule has 0 aliphatic rings. The molecular weight excluding hydrogens is 267 g/mol. The third kappa shape index (κ3) is 3.47. The van der Waals surface area contributed by atoms with Crippen LogP contribution >= 0.6 is 0 Å². The average molecular weight is 286 g/mol. The van der Waals surface area contributed by atoms with E-state index in [-0.39, 0.29) is 17.8 Å². The number of hydrogen-bond donors (Lipinski definition) is 2. The molecule has 2 aromatic carbocycles. The van der Waals surface area contributed by atoms with Gasteiger partial charge >= 0.3 is 0 Å². The topological polar surface area (TPSA) is 55.1 Å². The maximum absolute atomic E-state index is 13.2. The van der Waals surface area contributed by atoms with Crippen molar-refractivity contribution in [3.63, 3.8) is 0 Å². The van der Waals surface area contributed by atoms with Crippen LogP contribution in [0.25, 0.3) is 0 Å². The predicted octanol–water partition coefficient (Wildman–Crippen LogP) is 2.88. The molecular formula is C17H19FN2O. The highest BCUT2D eigenvalue weighted by atomic mass is 19.1. The summed E-state index contributed by atoms with van der Waals surface area (Å²) in [5.41, 5.74) is 6.45. The second-order valence-electron chi connectivity index (χ2n) is 5.32. The molecule has 21 heavy (non-hydrogen) atoms. The standard InChI is InChI=1S/C17H19FN2O/c1-12(13-7-6-10-15(18)11-13)20-16(21)17(2,19)14-8-4-3-5-9-14/h3-12H,19H2,1-2H3,(H,20,21)/t12-,17?/m1/s1. The monoisotopic (exact) mass is 286 g/mol. The molecule has 0 aliphatic carbocycles. The molecule has 0 bridgehead atoms. The maximum atomic E-state index is 13.2. The highest BCUT2D eigenvalue weighted by molar-refractivity contribution is 5.87. The first-order valence-electron chi connectivity index (χ1n) is 6.82. The third-order valence-corrected chi connectivity index (χ3v) is 3.54. The van der Waals surface area contributed by atoms with E-state index >= 15 is 0 Å². The van der Waals surface area contributed by atoms with E-state index < -0.39 is 5.54 Å². The second kappa shape index (κ2) is 6.06. The maximum Gasteiger partial charge on any atom is 0.244 e. The lowest BCUT2D eigenvalue weighted by Crippen LogP contribution is -2.49. The Morgan fingerprint density at radius 2 is 1.86 bits per heavy atom. The summed E-state index contributed by atoms with van der Waals surface area (Å²) < 4.78 is 13.2. The van der Waals surface area contributed by atoms with E-state index in [0.29, 0.717) is 5.56 Å². The van der Waals surface area contributed by atoms with Gasteiger partial charge in [0, 0.05) is 0 Å². The summed E-state index contributed by atoms with van der Waals surface area (Å²) in [6.07, 6.45) is 0. The van der Waals surface area contributed by atoms with Crippen molar-refractivity contribution in [2.75, 3.05) is 0 Å². The zero-order valence-corrected chi connectivity index (χ0v) is 12.1. The van der Waals surface area contributed by atoms with E-state index in [4.69, 9.17) is 5.73 Å². The first kappa shape index (κ1) is 15.2. The van der Waals surface area contributed by atoms with Gasteiger partial charge in [0.25, 0.3) is 0 Å². The molecule has 0 saturated carbocycles. The van der Waals surface area contributed by atoms with E-state index in [1.165, 1.54) is 12.1 Å². The Balaban J connectivity index is 2.14. The number of rotatable bonds is 4. The number of halogens is 1. The van der Waals surface area contributed by atoms with Crippen LogP contribution in [0.4, 0.5) is 4.39 Å². The molecule has 110 valence electrons. The molecule has 2 aromatic rings. The molecule has 0 radical (unpaired) electrons. The van der Waals surface area contributed by atoms with Gasteiger partial charge < -0.3 is 11.1 Å². The molecule has 3 nitrogen and oxygen atoms in total. The molecule has 0 saturated heterocycles. The molecule has 1 unspecified atom stereocenters. The van der Waals surface area contributed by atoms with Crippen LogP contribution in [-0.2, 0) is 10.3 Å². The van der Waals surface area contributed by atoms with Gasteiger partial charge in [0.1, 0.15) is 11.4 Å². The van der Waals surface area contributed by atoms with Gasteiger partial charge in [0.2, 0.25) is 5.91 Å². The van der Waals surface area contributed by atoms with E-state index in [0.717, 1.165) is 5.56 Å². The fourth-order valence-electron chi connectivity index (χ4n) is 2.12. The van der Waals surface area contributed by atoms with Crippen LogP contribution in [-0.4, -0.2) is 5.91 Å². The molecule has 0 heterocycles. The molecule has 3 N–H and O–H groups in total. The van der Waals surface area contributed by atoms with Crippen LogP contribution in [0.5, 0.6) is 0 Å². The lowest BCUT2D eigenvalue weighted by molar-refractivity contribution is -0.126. The zero-order chi connectivity index (χ0) is 15.5. The van der Waals surface area contributed by atoms with Gasteiger partial charge in [0.05, 0.1) is 6.04 Å². The summed E-state index contributed by atoms with van der Waals surface area (Å²) >= 11 is 0. The van der Waals surface area contributed by atoms with Gasteiger partial charge in [-0.1, -0.05) is 42.5 Å². The smallest absolute Gasteiger partial charge is 0.244 e. The van der Waals surface area contributed by atoms with Gasteiger partial charge in [-0.2, -0.15) is 0 Å². The van der Waals surface area contributed by atoms with Gasteiger partial charge in [-0.15, -0.1) is 0 Å². The fraction of sp³-hybridized carbons (Fsp3) is 0.235. The van der Waals surface area contributed by atoms with Gasteiger partial charge in [0.15, 0.2) is 0 Å². The Hall–Kier alpha value is -2.20. The number of carbonyl (C=O) groups excluding carboxylic acids is 1. The molecule has 0 spiro atoms. The number of hydrogen-bond acceptors (Lipinski definition) is 2. The molecule has 0 aliphatic heterocycles. The Morgan fingerprint density at radius 1 is 1.19 bits per heavy atom. The van der Waals surface area contributed by atoms with Crippen molar-refractivity contribution in [3.05, 3.63) is 71.5 Å². The van der Waals surface area contributed by atoms with Crippen LogP contribution in [0.2, 0.25) is 0 Å². The number of nitrogens with two attached hydrogens (primary N) is 1. The summed E-state index contributed by atoms with van der Waals surface area (Å²) in [5, 5.41) is 2.83. The van der Waals surface area contributed by atoms with Crippen molar-refractivity contribution in [2.45, 2.75) is 25.4 Å². The van der Waals surface area contributed by atoms with Crippen LogP contribution in [0.1, 0.15) is 31.0 Å². The minimum atomic E-state index is -1.14. The third-order valence-electron chi connectivity index (χ3n) is 3.54. The summed E-state index contributed by atoms with van der Waals surface area (Å²) in [6.45, 7) is 3.46. The van der Waals surface area contributed by atoms with Crippen molar-refractivity contribution < 1.29 is 9.18 Å². The van der Waals surface area contributed by atoms with Crippen LogP contribution in [0.15, 0.2) is 54.6 Å². The molecule has 0 aromatic heterocycles. The average Bonchev–Trinajstić information content (AvgIpc) is 2.48. The molecule has 4 heteroatoms. The Kier molecular flexibility index (Phi) is 4.38.